The summed E-state index contributed by atoms with van der Waals surface area (Å²) in [4.78, 5) is 31.3. The Labute approximate surface area is 186 Å². The summed E-state index contributed by atoms with van der Waals surface area (Å²) in [5.41, 5.74) is 2.06. The van der Waals surface area contributed by atoms with E-state index in [9.17, 15) is 9.59 Å². The summed E-state index contributed by atoms with van der Waals surface area (Å²) >= 11 is 0. The Hall–Kier alpha value is -3.68. The molecule has 5 rings (SSSR count). The van der Waals surface area contributed by atoms with Crippen molar-refractivity contribution in [1.82, 2.24) is 15.0 Å². The maximum absolute atomic E-state index is 12.5. The third kappa shape index (κ3) is 4.34. The highest BCUT2D eigenvalue weighted by Crippen LogP contribution is 2.34. The summed E-state index contributed by atoms with van der Waals surface area (Å²) in [5.74, 6) is 1.05. The number of para-hydroxylation sites is 1. The number of aromatic nitrogens is 2. The normalized spacial score (nSPS) is 18.8. The summed E-state index contributed by atoms with van der Waals surface area (Å²) in [6, 6.07) is 16.5. The molecule has 1 aliphatic heterocycles. The van der Waals surface area contributed by atoms with E-state index in [1.54, 1.807) is 12.1 Å². The van der Waals surface area contributed by atoms with Crippen LogP contribution in [0.2, 0.25) is 0 Å². The highest BCUT2D eigenvalue weighted by Gasteiger charge is 2.38. The fourth-order valence-corrected chi connectivity index (χ4v) is 4.54. The zero-order valence-electron chi connectivity index (χ0n) is 17.7. The van der Waals surface area contributed by atoms with Crippen LogP contribution in [0.5, 0.6) is 0 Å². The molecule has 1 saturated carbocycles. The standard InChI is InChI=1S/C24H25N5O3/c30-21-14-17(15-29(21)20-11-4-5-12-20)23-27-22(28-32-23)16-7-6-10-19(13-16)26-24(31)25-18-8-2-1-3-9-18/h1-3,6-10,13,17,20H,4-5,11-12,14-15H2,(H2,25,26,31)/t17-/m1/s1. The molecular weight excluding hydrogens is 406 g/mol. The Morgan fingerprint density at radius 2 is 1.75 bits per heavy atom. The van der Waals surface area contributed by atoms with Gasteiger partial charge in [-0.2, -0.15) is 4.98 Å². The van der Waals surface area contributed by atoms with Crippen LogP contribution in [0.4, 0.5) is 16.2 Å². The van der Waals surface area contributed by atoms with E-state index in [4.69, 9.17) is 4.52 Å². The van der Waals surface area contributed by atoms with Crippen molar-refractivity contribution in [2.24, 2.45) is 0 Å². The van der Waals surface area contributed by atoms with Crippen LogP contribution in [-0.4, -0.2) is 39.6 Å². The molecule has 3 aromatic rings. The predicted molar refractivity (Wildman–Crippen MR) is 120 cm³/mol. The Bertz CT molecular complexity index is 1110. The predicted octanol–water partition coefficient (Wildman–Crippen LogP) is 4.64. The monoisotopic (exact) mass is 431 g/mol. The zero-order valence-corrected chi connectivity index (χ0v) is 17.7. The van der Waals surface area contributed by atoms with Crippen LogP contribution >= 0.6 is 0 Å². The maximum Gasteiger partial charge on any atom is 0.323 e. The number of benzene rings is 2. The largest absolute Gasteiger partial charge is 0.339 e. The van der Waals surface area contributed by atoms with Crippen molar-refractivity contribution < 1.29 is 14.1 Å². The smallest absolute Gasteiger partial charge is 0.323 e. The molecule has 0 bridgehead atoms. The molecule has 32 heavy (non-hydrogen) atoms. The second-order valence-corrected chi connectivity index (χ2v) is 8.37. The molecule has 3 amide bonds. The first-order valence-corrected chi connectivity index (χ1v) is 11.0. The van der Waals surface area contributed by atoms with E-state index in [1.165, 1.54) is 12.8 Å². The van der Waals surface area contributed by atoms with Gasteiger partial charge in [0.05, 0.1) is 5.92 Å². The molecule has 1 saturated heterocycles. The lowest BCUT2D eigenvalue weighted by molar-refractivity contribution is -0.129. The summed E-state index contributed by atoms with van der Waals surface area (Å²) in [7, 11) is 0. The number of rotatable bonds is 5. The van der Waals surface area contributed by atoms with E-state index in [-0.39, 0.29) is 17.9 Å². The lowest BCUT2D eigenvalue weighted by Crippen LogP contribution is -2.34. The number of hydrogen-bond acceptors (Lipinski definition) is 5. The summed E-state index contributed by atoms with van der Waals surface area (Å²) in [6.07, 6.45) is 4.98. The number of carbonyl (C=O) groups excluding carboxylic acids is 2. The molecule has 2 N–H and O–H groups in total. The minimum absolute atomic E-state index is 0.0673. The Kier molecular flexibility index (Phi) is 5.58. The number of likely N-dealkylation sites (tertiary alicyclic amines) is 1. The fourth-order valence-electron chi connectivity index (χ4n) is 4.54. The maximum atomic E-state index is 12.5. The lowest BCUT2D eigenvalue weighted by atomic mass is 10.1. The van der Waals surface area contributed by atoms with Crippen molar-refractivity contribution >= 4 is 23.3 Å². The van der Waals surface area contributed by atoms with Gasteiger partial charge in [0.2, 0.25) is 17.6 Å². The average Bonchev–Trinajstić information content (AvgIpc) is 3.55. The first kappa shape index (κ1) is 20.2. The molecule has 2 heterocycles. The quantitative estimate of drug-likeness (QED) is 0.613. The number of anilines is 2. The number of urea groups is 1. The summed E-state index contributed by atoms with van der Waals surface area (Å²) in [6.45, 7) is 0.645. The van der Waals surface area contributed by atoms with Gasteiger partial charge in [-0.3, -0.25) is 4.79 Å². The zero-order chi connectivity index (χ0) is 21.9. The van der Waals surface area contributed by atoms with E-state index in [0.717, 1.165) is 18.4 Å². The van der Waals surface area contributed by atoms with Crippen molar-refractivity contribution in [2.45, 2.75) is 44.1 Å². The first-order chi connectivity index (χ1) is 15.7. The van der Waals surface area contributed by atoms with Gasteiger partial charge in [0.1, 0.15) is 0 Å². The van der Waals surface area contributed by atoms with Crippen molar-refractivity contribution in [1.29, 1.82) is 0 Å². The molecule has 0 radical (unpaired) electrons. The van der Waals surface area contributed by atoms with Gasteiger partial charge < -0.3 is 20.1 Å². The van der Waals surface area contributed by atoms with E-state index in [1.807, 2.05) is 47.4 Å². The molecular formula is C24H25N5O3. The van der Waals surface area contributed by atoms with Gasteiger partial charge in [0, 0.05) is 35.9 Å². The molecule has 164 valence electrons. The van der Waals surface area contributed by atoms with Gasteiger partial charge in [-0.05, 0) is 37.1 Å². The van der Waals surface area contributed by atoms with Crippen LogP contribution in [-0.2, 0) is 4.79 Å². The molecule has 2 aliphatic rings. The number of nitrogens with zero attached hydrogens (tertiary/aromatic N) is 3. The second kappa shape index (κ2) is 8.82. The minimum Gasteiger partial charge on any atom is -0.339 e. The molecule has 1 atom stereocenters. The van der Waals surface area contributed by atoms with Crippen LogP contribution in [0.1, 0.15) is 43.9 Å². The van der Waals surface area contributed by atoms with Gasteiger partial charge in [-0.1, -0.05) is 48.3 Å². The van der Waals surface area contributed by atoms with Gasteiger partial charge >= 0.3 is 6.03 Å². The molecule has 0 spiro atoms. The molecule has 8 heteroatoms. The molecule has 2 aromatic carbocycles. The van der Waals surface area contributed by atoms with Crippen molar-refractivity contribution in [3.63, 3.8) is 0 Å². The molecule has 2 fully saturated rings. The van der Waals surface area contributed by atoms with E-state index >= 15 is 0 Å². The van der Waals surface area contributed by atoms with E-state index < -0.39 is 0 Å². The molecule has 1 aromatic heterocycles. The number of nitrogens with one attached hydrogen (secondary N) is 2. The number of amides is 3. The van der Waals surface area contributed by atoms with Crippen LogP contribution in [0.3, 0.4) is 0 Å². The first-order valence-electron chi connectivity index (χ1n) is 11.0. The highest BCUT2D eigenvalue weighted by atomic mass is 16.5. The third-order valence-electron chi connectivity index (χ3n) is 6.13. The van der Waals surface area contributed by atoms with Crippen molar-refractivity contribution in [3.8, 4) is 11.4 Å². The van der Waals surface area contributed by atoms with E-state index in [0.29, 0.717) is 42.1 Å². The topological polar surface area (TPSA) is 100 Å². The van der Waals surface area contributed by atoms with Gasteiger partial charge in [0.15, 0.2) is 0 Å². The van der Waals surface area contributed by atoms with Crippen molar-refractivity contribution in [3.05, 3.63) is 60.5 Å². The van der Waals surface area contributed by atoms with Gasteiger partial charge in [0.25, 0.3) is 0 Å². The van der Waals surface area contributed by atoms with Crippen molar-refractivity contribution in [2.75, 3.05) is 17.2 Å². The minimum atomic E-state index is -0.335. The lowest BCUT2D eigenvalue weighted by Gasteiger charge is -2.23. The Morgan fingerprint density at radius 1 is 1.00 bits per heavy atom. The van der Waals surface area contributed by atoms with Crippen LogP contribution in [0.25, 0.3) is 11.4 Å². The Balaban J connectivity index is 1.25. The average molecular weight is 431 g/mol. The highest BCUT2D eigenvalue weighted by molar-refractivity contribution is 6.00. The van der Waals surface area contributed by atoms with Gasteiger partial charge in [-0.15, -0.1) is 0 Å². The summed E-state index contributed by atoms with van der Waals surface area (Å²) in [5, 5.41) is 9.73. The molecule has 8 nitrogen and oxygen atoms in total. The second-order valence-electron chi connectivity index (χ2n) is 8.37. The SMILES string of the molecule is O=C(Nc1ccccc1)Nc1cccc(-c2noc([C@@H]3CC(=O)N(C4CCCC4)C3)n2)c1. The molecule has 1 aliphatic carbocycles. The van der Waals surface area contributed by atoms with Gasteiger partial charge in [-0.25, -0.2) is 4.79 Å². The fraction of sp³-hybridized carbons (Fsp3) is 0.333. The van der Waals surface area contributed by atoms with Crippen LogP contribution in [0.15, 0.2) is 59.1 Å². The number of carbonyl (C=O) groups is 2. The van der Waals surface area contributed by atoms with E-state index in [2.05, 4.69) is 20.8 Å². The van der Waals surface area contributed by atoms with Crippen LogP contribution in [0, 0.1) is 0 Å². The summed E-state index contributed by atoms with van der Waals surface area (Å²) < 4.78 is 5.52. The molecule has 0 unspecified atom stereocenters. The third-order valence-corrected chi connectivity index (χ3v) is 6.13. The van der Waals surface area contributed by atoms with Crippen LogP contribution < -0.4 is 10.6 Å². The number of hydrogen-bond donors (Lipinski definition) is 2. The Morgan fingerprint density at radius 3 is 2.56 bits per heavy atom.